The van der Waals surface area contributed by atoms with Crippen LogP contribution in [0, 0.1) is 5.82 Å². The van der Waals surface area contributed by atoms with Crippen LogP contribution in [0.2, 0.25) is 0 Å². The molecule has 0 spiro atoms. The lowest BCUT2D eigenvalue weighted by Gasteiger charge is -2.21. The van der Waals surface area contributed by atoms with E-state index in [1.807, 2.05) is 11.8 Å². The van der Waals surface area contributed by atoms with Crippen LogP contribution in [0.1, 0.15) is 30.1 Å². The number of carboxylic acid groups (broad SMARTS) is 2. The van der Waals surface area contributed by atoms with Crippen molar-refractivity contribution in [3.8, 4) is 0 Å². The highest BCUT2D eigenvalue weighted by molar-refractivity contribution is 7.92. The van der Waals surface area contributed by atoms with Gasteiger partial charge in [-0.3, -0.25) is 4.72 Å². The van der Waals surface area contributed by atoms with Gasteiger partial charge in [-0.15, -0.1) is 0 Å². The number of nitrogens with one attached hydrogen (secondary N) is 1. The van der Waals surface area contributed by atoms with E-state index >= 15 is 0 Å². The fraction of sp³-hybridized carbons (Fsp3) is 0.300. The highest BCUT2D eigenvalue weighted by atomic mass is 32.2. The number of alkyl halides is 3. The summed E-state index contributed by atoms with van der Waals surface area (Å²) >= 11 is 0. The first-order valence-electron chi connectivity index (χ1n) is 9.36. The molecule has 8 nitrogen and oxygen atoms in total. The predicted molar refractivity (Wildman–Crippen MR) is 112 cm³/mol. The Morgan fingerprint density at radius 3 is 2.06 bits per heavy atom. The van der Waals surface area contributed by atoms with Gasteiger partial charge in [0.1, 0.15) is 5.82 Å². The molecule has 2 aromatic rings. The van der Waals surface area contributed by atoms with Crippen molar-refractivity contribution in [3.63, 3.8) is 0 Å². The maximum absolute atomic E-state index is 13.0. The van der Waals surface area contributed by atoms with Gasteiger partial charge in [0.05, 0.1) is 16.1 Å². The normalized spacial score (nSPS) is 11.2. The Kier molecular flexibility index (Phi) is 9.64. The minimum Gasteiger partial charge on any atom is -0.478 e. The average molecular weight is 494 g/mol. The Morgan fingerprint density at radius 2 is 1.61 bits per heavy atom. The van der Waals surface area contributed by atoms with Gasteiger partial charge in [-0.25, -0.2) is 22.4 Å². The largest absolute Gasteiger partial charge is 0.490 e. The van der Waals surface area contributed by atoms with Crippen molar-refractivity contribution in [2.45, 2.75) is 30.8 Å². The van der Waals surface area contributed by atoms with Crippen molar-refractivity contribution >= 4 is 33.3 Å². The molecule has 0 unspecified atom stereocenters. The number of halogens is 4. The number of hydrogen-bond acceptors (Lipinski definition) is 5. The molecule has 2 rings (SSSR count). The standard InChI is InChI=1S/C18H21FN2O4S.C2HF3O2/c1-3-4-11-21(2)17-10-7-14(12-16(17)18(22)23)20-26(24,25)15-8-5-13(19)6-9-15;3-2(4,5)1(6)7/h5-10,12,20H,3-4,11H2,1-2H3,(H,22,23);(H,6,7). The number of carbonyl (C=O) groups is 2. The maximum Gasteiger partial charge on any atom is 0.490 e. The van der Waals surface area contributed by atoms with Crippen molar-refractivity contribution in [2.75, 3.05) is 23.2 Å². The summed E-state index contributed by atoms with van der Waals surface area (Å²) < 4.78 is 71.8. The lowest BCUT2D eigenvalue weighted by atomic mass is 10.1. The minimum absolute atomic E-state index is 0.00269. The molecule has 0 radical (unpaired) electrons. The molecular weight excluding hydrogens is 472 g/mol. The van der Waals surface area contributed by atoms with Gasteiger partial charge in [-0.05, 0) is 48.9 Å². The quantitative estimate of drug-likeness (QED) is 0.470. The summed E-state index contributed by atoms with van der Waals surface area (Å²) in [5.41, 5.74) is 0.637. The van der Waals surface area contributed by atoms with E-state index in [2.05, 4.69) is 4.72 Å². The van der Waals surface area contributed by atoms with Crippen molar-refractivity contribution in [1.29, 1.82) is 0 Å². The van der Waals surface area contributed by atoms with Crippen molar-refractivity contribution in [1.82, 2.24) is 0 Å². The van der Waals surface area contributed by atoms with Crippen LogP contribution in [-0.2, 0) is 14.8 Å². The molecular formula is C20H22F4N2O6S. The Balaban J connectivity index is 0.000000675. The Bertz CT molecular complexity index is 1070. The third-order valence-electron chi connectivity index (χ3n) is 4.10. The van der Waals surface area contributed by atoms with Gasteiger partial charge < -0.3 is 15.1 Å². The van der Waals surface area contributed by atoms with Crippen LogP contribution >= 0.6 is 0 Å². The third kappa shape index (κ3) is 8.60. The van der Waals surface area contributed by atoms with Gasteiger partial charge in [-0.2, -0.15) is 13.2 Å². The Morgan fingerprint density at radius 1 is 1.06 bits per heavy atom. The molecule has 2 aromatic carbocycles. The molecule has 13 heteroatoms. The van der Waals surface area contributed by atoms with Gasteiger partial charge in [0.15, 0.2) is 0 Å². The molecule has 0 saturated heterocycles. The van der Waals surface area contributed by atoms with Crippen LogP contribution in [0.25, 0.3) is 0 Å². The summed E-state index contributed by atoms with van der Waals surface area (Å²) in [6, 6.07) is 8.73. The Labute approximate surface area is 187 Å². The average Bonchev–Trinajstić information content (AvgIpc) is 2.71. The first-order valence-corrected chi connectivity index (χ1v) is 10.8. The Hall–Kier alpha value is -3.35. The van der Waals surface area contributed by atoms with Crippen LogP contribution in [0.3, 0.4) is 0 Å². The van der Waals surface area contributed by atoms with Crippen molar-refractivity contribution < 1.29 is 45.8 Å². The molecule has 3 N–H and O–H groups in total. The number of unbranched alkanes of at least 4 members (excludes halogenated alkanes) is 1. The second-order valence-electron chi connectivity index (χ2n) is 6.67. The number of nitrogens with zero attached hydrogens (tertiary/aromatic N) is 1. The van der Waals surface area contributed by atoms with E-state index in [1.54, 1.807) is 13.1 Å². The molecule has 0 aliphatic heterocycles. The molecule has 0 atom stereocenters. The molecule has 0 aliphatic rings. The number of aromatic carboxylic acids is 1. The van der Waals surface area contributed by atoms with E-state index in [0.717, 1.165) is 37.1 Å². The second-order valence-corrected chi connectivity index (χ2v) is 8.36. The lowest BCUT2D eigenvalue weighted by Crippen LogP contribution is -2.21. The van der Waals surface area contributed by atoms with E-state index in [4.69, 9.17) is 9.90 Å². The molecule has 0 fully saturated rings. The summed E-state index contributed by atoms with van der Waals surface area (Å²) in [5, 5.41) is 16.6. The summed E-state index contributed by atoms with van der Waals surface area (Å²) in [4.78, 5) is 22.2. The first-order chi connectivity index (χ1) is 15.2. The van der Waals surface area contributed by atoms with Gasteiger partial charge in [0.25, 0.3) is 10.0 Å². The molecule has 0 aliphatic carbocycles. The number of carboxylic acids is 2. The van der Waals surface area contributed by atoms with E-state index in [-0.39, 0.29) is 16.1 Å². The van der Waals surface area contributed by atoms with Crippen LogP contribution in [0.5, 0.6) is 0 Å². The van der Waals surface area contributed by atoms with Crippen LogP contribution in [0.15, 0.2) is 47.4 Å². The highest BCUT2D eigenvalue weighted by Crippen LogP contribution is 2.26. The molecule has 0 bridgehead atoms. The van der Waals surface area contributed by atoms with Gasteiger partial charge in [0, 0.05) is 19.3 Å². The monoisotopic (exact) mass is 494 g/mol. The first kappa shape index (κ1) is 27.7. The summed E-state index contributed by atoms with van der Waals surface area (Å²) in [5.74, 6) is -4.45. The van der Waals surface area contributed by atoms with Gasteiger partial charge >= 0.3 is 18.1 Å². The van der Waals surface area contributed by atoms with E-state index in [1.165, 1.54) is 12.1 Å². The number of aliphatic carboxylic acids is 1. The minimum atomic E-state index is -5.08. The number of sulfonamides is 1. The molecule has 0 heterocycles. The zero-order valence-corrected chi connectivity index (χ0v) is 18.4. The smallest absolute Gasteiger partial charge is 0.478 e. The van der Waals surface area contributed by atoms with Crippen molar-refractivity contribution in [2.24, 2.45) is 0 Å². The summed E-state index contributed by atoms with van der Waals surface area (Å²) in [7, 11) is -2.15. The number of anilines is 2. The SMILES string of the molecule is CCCCN(C)c1ccc(NS(=O)(=O)c2ccc(F)cc2)cc1C(=O)O.O=C(O)C(F)(F)F. The van der Waals surface area contributed by atoms with Gasteiger partial charge in [-0.1, -0.05) is 13.3 Å². The topological polar surface area (TPSA) is 124 Å². The predicted octanol–water partition coefficient (Wildman–Crippen LogP) is 4.19. The van der Waals surface area contributed by atoms with Gasteiger partial charge in [0.2, 0.25) is 0 Å². The zero-order chi connectivity index (χ0) is 25.4. The second kappa shape index (κ2) is 11.5. The number of benzene rings is 2. The van der Waals surface area contributed by atoms with Crippen LogP contribution < -0.4 is 9.62 Å². The van der Waals surface area contributed by atoms with E-state index in [9.17, 15) is 35.9 Å². The molecule has 33 heavy (non-hydrogen) atoms. The van der Waals surface area contributed by atoms with E-state index < -0.39 is 34.0 Å². The fourth-order valence-corrected chi connectivity index (χ4v) is 3.50. The fourth-order valence-electron chi connectivity index (χ4n) is 2.45. The highest BCUT2D eigenvalue weighted by Gasteiger charge is 2.38. The lowest BCUT2D eigenvalue weighted by molar-refractivity contribution is -0.192. The molecule has 182 valence electrons. The number of rotatable bonds is 8. The molecule has 0 amide bonds. The van der Waals surface area contributed by atoms with Crippen LogP contribution in [0.4, 0.5) is 28.9 Å². The zero-order valence-electron chi connectivity index (χ0n) is 17.6. The summed E-state index contributed by atoms with van der Waals surface area (Å²) in [6.07, 6.45) is -3.20. The molecule has 0 saturated carbocycles. The third-order valence-corrected chi connectivity index (χ3v) is 5.50. The maximum atomic E-state index is 13.0. The van der Waals surface area contributed by atoms with E-state index in [0.29, 0.717) is 12.2 Å². The molecule has 0 aromatic heterocycles. The number of hydrogen-bond donors (Lipinski definition) is 3. The van der Waals surface area contributed by atoms with Crippen LogP contribution in [-0.4, -0.2) is 50.3 Å². The summed E-state index contributed by atoms with van der Waals surface area (Å²) in [6.45, 7) is 2.73. The van der Waals surface area contributed by atoms with Crippen molar-refractivity contribution in [3.05, 3.63) is 53.8 Å².